The van der Waals surface area contributed by atoms with Crippen molar-refractivity contribution >= 4 is 38.7 Å². The predicted octanol–water partition coefficient (Wildman–Crippen LogP) is 6.68. The summed E-state index contributed by atoms with van der Waals surface area (Å²) in [6.07, 6.45) is 3.17. The largest absolute Gasteiger partial charge is 0.293 e. The Balaban J connectivity index is 1.50. The fraction of sp³-hybridized carbons (Fsp3) is 0.240. The van der Waals surface area contributed by atoms with Crippen molar-refractivity contribution in [3.05, 3.63) is 82.0 Å². The lowest BCUT2D eigenvalue weighted by Gasteiger charge is -2.29. The van der Waals surface area contributed by atoms with E-state index < -0.39 is 0 Å². The normalized spacial score (nSPS) is 17.7. The van der Waals surface area contributed by atoms with Crippen LogP contribution in [-0.4, -0.2) is 5.78 Å². The molecule has 1 aliphatic carbocycles. The SMILES string of the molecule is CC(C(=O)c1cccs1)C1CCc2c(ccc3c2ccc2ccccc23)C1. The number of Topliss-reactive ketones (excluding diaryl/α,β-unsaturated/α-hetero) is 1. The molecule has 2 unspecified atom stereocenters. The molecule has 1 aliphatic rings. The highest BCUT2D eigenvalue weighted by molar-refractivity contribution is 7.12. The molecule has 0 saturated heterocycles. The minimum Gasteiger partial charge on any atom is -0.293 e. The molecule has 2 heteroatoms. The highest BCUT2D eigenvalue weighted by Gasteiger charge is 2.29. The van der Waals surface area contributed by atoms with Gasteiger partial charge >= 0.3 is 0 Å². The van der Waals surface area contributed by atoms with E-state index in [0.717, 1.165) is 24.1 Å². The van der Waals surface area contributed by atoms with E-state index in [-0.39, 0.29) is 5.92 Å². The van der Waals surface area contributed by atoms with Gasteiger partial charge in [-0.2, -0.15) is 0 Å². The molecule has 1 heterocycles. The summed E-state index contributed by atoms with van der Waals surface area (Å²) in [5.41, 5.74) is 2.92. The van der Waals surface area contributed by atoms with Crippen molar-refractivity contribution in [1.29, 1.82) is 0 Å². The van der Waals surface area contributed by atoms with Crippen LogP contribution in [0.5, 0.6) is 0 Å². The maximum atomic E-state index is 12.8. The number of hydrogen-bond acceptors (Lipinski definition) is 2. The molecule has 0 aliphatic heterocycles. The van der Waals surface area contributed by atoms with Crippen LogP contribution in [0.25, 0.3) is 21.5 Å². The molecule has 0 N–H and O–H groups in total. The van der Waals surface area contributed by atoms with Crippen molar-refractivity contribution in [2.75, 3.05) is 0 Å². The van der Waals surface area contributed by atoms with Crippen LogP contribution in [0.4, 0.5) is 0 Å². The molecule has 1 aromatic heterocycles. The number of carbonyl (C=O) groups excluding carboxylic acids is 1. The van der Waals surface area contributed by atoms with Gasteiger partial charge in [0, 0.05) is 5.92 Å². The Morgan fingerprint density at radius 3 is 2.67 bits per heavy atom. The van der Waals surface area contributed by atoms with Gasteiger partial charge in [-0.3, -0.25) is 4.79 Å². The van der Waals surface area contributed by atoms with E-state index in [0.29, 0.717) is 11.7 Å². The van der Waals surface area contributed by atoms with Gasteiger partial charge in [-0.1, -0.05) is 61.5 Å². The quantitative estimate of drug-likeness (QED) is 0.290. The molecule has 2 atom stereocenters. The summed E-state index contributed by atoms with van der Waals surface area (Å²) in [6, 6.07) is 21.7. The Labute approximate surface area is 163 Å². The minimum atomic E-state index is 0.0871. The second-order valence-electron chi connectivity index (χ2n) is 7.72. The zero-order chi connectivity index (χ0) is 18.4. The molecule has 0 radical (unpaired) electrons. The second-order valence-corrected chi connectivity index (χ2v) is 8.67. The third-order valence-corrected chi connectivity index (χ3v) is 7.15. The first-order valence-electron chi connectivity index (χ1n) is 9.72. The number of aryl methyl sites for hydroxylation is 1. The number of carbonyl (C=O) groups is 1. The lowest BCUT2D eigenvalue weighted by Crippen LogP contribution is -2.26. The van der Waals surface area contributed by atoms with Crippen LogP contribution in [0.15, 0.2) is 66.0 Å². The fourth-order valence-electron chi connectivity index (χ4n) is 4.68. The van der Waals surface area contributed by atoms with Crippen molar-refractivity contribution in [1.82, 2.24) is 0 Å². The van der Waals surface area contributed by atoms with Crippen LogP contribution >= 0.6 is 11.3 Å². The summed E-state index contributed by atoms with van der Waals surface area (Å²) in [6.45, 7) is 2.12. The Morgan fingerprint density at radius 1 is 0.963 bits per heavy atom. The van der Waals surface area contributed by atoms with Crippen molar-refractivity contribution < 1.29 is 4.79 Å². The Bertz CT molecular complexity index is 1140. The van der Waals surface area contributed by atoms with Gasteiger partial charge in [0.2, 0.25) is 0 Å². The summed E-state index contributed by atoms with van der Waals surface area (Å²) < 4.78 is 0. The molecular weight excluding hydrogens is 348 g/mol. The molecule has 27 heavy (non-hydrogen) atoms. The average molecular weight is 371 g/mol. The van der Waals surface area contributed by atoms with Crippen molar-refractivity contribution in [3.63, 3.8) is 0 Å². The number of ketones is 1. The van der Waals surface area contributed by atoms with Gasteiger partial charge in [-0.25, -0.2) is 0 Å². The number of fused-ring (bicyclic) bond motifs is 5. The maximum Gasteiger partial charge on any atom is 0.175 e. The van der Waals surface area contributed by atoms with Gasteiger partial charge in [0.1, 0.15) is 0 Å². The summed E-state index contributed by atoms with van der Waals surface area (Å²) in [5, 5.41) is 7.37. The van der Waals surface area contributed by atoms with Crippen LogP contribution in [0.3, 0.4) is 0 Å². The predicted molar refractivity (Wildman–Crippen MR) is 115 cm³/mol. The zero-order valence-corrected chi connectivity index (χ0v) is 16.3. The highest BCUT2D eigenvalue weighted by atomic mass is 32.1. The molecule has 0 bridgehead atoms. The summed E-state index contributed by atoms with van der Waals surface area (Å²) in [7, 11) is 0. The first-order chi connectivity index (χ1) is 13.2. The molecule has 0 fully saturated rings. The van der Waals surface area contributed by atoms with Crippen LogP contribution in [0.1, 0.15) is 34.1 Å². The molecule has 5 rings (SSSR count). The van der Waals surface area contributed by atoms with Gasteiger partial charge in [0.15, 0.2) is 5.78 Å². The van der Waals surface area contributed by atoms with E-state index in [4.69, 9.17) is 0 Å². The molecule has 1 nitrogen and oxygen atoms in total. The standard InChI is InChI=1S/C25H22OS/c1-16(25(26)24-7-4-14-27-24)18-9-11-21-19(15-18)10-13-22-20-6-3-2-5-17(20)8-12-23(21)22/h2-8,10,12-14,16,18H,9,11,15H2,1H3. The van der Waals surface area contributed by atoms with Gasteiger partial charge in [0.25, 0.3) is 0 Å². The third kappa shape index (κ3) is 2.80. The molecular formula is C25H22OS. The van der Waals surface area contributed by atoms with Gasteiger partial charge in [-0.15, -0.1) is 11.3 Å². The van der Waals surface area contributed by atoms with Crippen LogP contribution in [0, 0.1) is 11.8 Å². The maximum absolute atomic E-state index is 12.8. The third-order valence-electron chi connectivity index (χ3n) is 6.27. The van der Waals surface area contributed by atoms with Crippen LogP contribution in [-0.2, 0) is 12.8 Å². The van der Waals surface area contributed by atoms with Crippen molar-refractivity contribution in [2.24, 2.45) is 11.8 Å². The first-order valence-corrected chi connectivity index (χ1v) is 10.6. The van der Waals surface area contributed by atoms with Crippen LogP contribution in [0.2, 0.25) is 0 Å². The molecule has 4 aromatic rings. The van der Waals surface area contributed by atoms with Crippen molar-refractivity contribution in [3.8, 4) is 0 Å². The molecule has 0 spiro atoms. The lowest BCUT2D eigenvalue weighted by atomic mass is 9.75. The Hall–Kier alpha value is -2.45. The zero-order valence-electron chi connectivity index (χ0n) is 15.4. The van der Waals surface area contributed by atoms with Gasteiger partial charge in [0.05, 0.1) is 4.88 Å². The van der Waals surface area contributed by atoms with E-state index in [1.165, 1.54) is 32.7 Å². The van der Waals surface area contributed by atoms with Crippen LogP contribution < -0.4 is 0 Å². The Morgan fingerprint density at radius 2 is 1.81 bits per heavy atom. The monoisotopic (exact) mass is 370 g/mol. The summed E-state index contributed by atoms with van der Waals surface area (Å²) in [5.74, 6) is 0.833. The second kappa shape index (κ2) is 6.61. The molecule has 0 amide bonds. The molecule has 134 valence electrons. The number of thiophene rings is 1. The topological polar surface area (TPSA) is 17.1 Å². The lowest BCUT2D eigenvalue weighted by molar-refractivity contribution is 0.0883. The number of hydrogen-bond donors (Lipinski definition) is 0. The summed E-state index contributed by atoms with van der Waals surface area (Å²) >= 11 is 1.56. The van der Waals surface area contributed by atoms with Crippen molar-refractivity contribution in [2.45, 2.75) is 26.2 Å². The van der Waals surface area contributed by atoms with E-state index in [1.807, 2.05) is 17.5 Å². The smallest absolute Gasteiger partial charge is 0.175 e. The van der Waals surface area contributed by atoms with Gasteiger partial charge < -0.3 is 0 Å². The first kappa shape index (κ1) is 16.7. The fourth-order valence-corrected chi connectivity index (χ4v) is 5.44. The van der Waals surface area contributed by atoms with Gasteiger partial charge in [-0.05, 0) is 69.3 Å². The molecule has 0 saturated carbocycles. The highest BCUT2D eigenvalue weighted by Crippen LogP contribution is 2.37. The number of rotatable bonds is 3. The minimum absolute atomic E-state index is 0.0871. The van der Waals surface area contributed by atoms with E-state index >= 15 is 0 Å². The van der Waals surface area contributed by atoms with E-state index in [9.17, 15) is 4.79 Å². The van der Waals surface area contributed by atoms with E-state index in [2.05, 4.69) is 55.5 Å². The molecule has 3 aromatic carbocycles. The Kier molecular flexibility index (Phi) is 4.09. The number of benzene rings is 3. The average Bonchev–Trinajstić information content (AvgIpc) is 3.26. The summed E-state index contributed by atoms with van der Waals surface area (Å²) in [4.78, 5) is 13.7. The van der Waals surface area contributed by atoms with E-state index in [1.54, 1.807) is 11.3 Å².